The lowest BCUT2D eigenvalue weighted by atomic mass is 9.84. The van der Waals surface area contributed by atoms with Crippen LogP contribution in [-0.2, 0) is 35.5 Å². The molecule has 6 rings (SSSR count). The molecule has 39 heavy (non-hydrogen) atoms. The van der Waals surface area contributed by atoms with Gasteiger partial charge < -0.3 is 19.0 Å². The van der Waals surface area contributed by atoms with Gasteiger partial charge >= 0.3 is 5.97 Å². The number of hydrogen-bond acceptors (Lipinski definition) is 4. The largest absolute Gasteiger partial charge is 0.612 e. The zero-order chi connectivity index (χ0) is 26.9. The zero-order valence-corrected chi connectivity index (χ0v) is 22.6. The molecule has 2 atom stereocenters. The molecular formula is C32H30N2O4S. The van der Waals surface area contributed by atoms with Crippen LogP contribution in [0.4, 0.5) is 0 Å². The number of rotatable bonds is 8. The first-order valence-corrected chi connectivity index (χ1v) is 14.8. The van der Waals surface area contributed by atoms with E-state index in [-0.39, 0.29) is 12.3 Å². The Morgan fingerprint density at radius 3 is 2.72 bits per heavy atom. The third-order valence-electron chi connectivity index (χ3n) is 7.61. The molecule has 1 aliphatic rings. The van der Waals surface area contributed by atoms with E-state index in [0.717, 1.165) is 68.7 Å². The molecule has 2 heterocycles. The summed E-state index contributed by atoms with van der Waals surface area (Å²) in [6.07, 6.45) is 4.54. The van der Waals surface area contributed by atoms with Crippen molar-refractivity contribution in [1.29, 1.82) is 0 Å². The molecule has 0 saturated carbocycles. The van der Waals surface area contributed by atoms with E-state index in [1.807, 2.05) is 60.7 Å². The van der Waals surface area contributed by atoms with Crippen molar-refractivity contribution in [2.75, 3.05) is 6.26 Å². The fraction of sp³-hybridized carbons (Fsp3) is 0.250. The van der Waals surface area contributed by atoms with Crippen molar-refractivity contribution in [1.82, 2.24) is 9.55 Å². The normalized spacial score (nSPS) is 15.8. The van der Waals surface area contributed by atoms with Crippen LogP contribution in [0.15, 0.2) is 83.8 Å². The number of aliphatic carboxylic acids is 1. The fourth-order valence-electron chi connectivity index (χ4n) is 5.80. The summed E-state index contributed by atoms with van der Waals surface area (Å²) in [4.78, 5) is 17.3. The lowest BCUT2D eigenvalue weighted by molar-refractivity contribution is -0.137. The minimum atomic E-state index is -1.03. The molecule has 0 saturated heterocycles. The van der Waals surface area contributed by atoms with Crippen LogP contribution in [0.2, 0.25) is 0 Å². The fourth-order valence-corrected chi connectivity index (χ4v) is 6.32. The number of carboxylic acid groups (broad SMARTS) is 1. The van der Waals surface area contributed by atoms with Crippen LogP contribution in [0.1, 0.15) is 47.7 Å². The smallest absolute Gasteiger partial charge is 0.304 e. The molecule has 0 radical (unpaired) electrons. The molecule has 2 aromatic heterocycles. The lowest BCUT2D eigenvalue weighted by Gasteiger charge is -2.24. The highest BCUT2D eigenvalue weighted by Crippen LogP contribution is 2.41. The van der Waals surface area contributed by atoms with Crippen LogP contribution in [0.5, 0.6) is 5.75 Å². The number of pyridine rings is 1. The van der Waals surface area contributed by atoms with Gasteiger partial charge in [-0.3, -0.25) is 4.79 Å². The van der Waals surface area contributed by atoms with Gasteiger partial charge in [-0.2, -0.15) is 0 Å². The second-order valence-corrected chi connectivity index (χ2v) is 11.6. The number of para-hydroxylation sites is 1. The summed E-state index contributed by atoms with van der Waals surface area (Å²) in [6.45, 7) is 0.992. The lowest BCUT2D eigenvalue weighted by Crippen LogP contribution is -2.17. The van der Waals surface area contributed by atoms with Crippen molar-refractivity contribution in [3.63, 3.8) is 0 Å². The number of ether oxygens (including phenoxy) is 1. The van der Waals surface area contributed by atoms with Gasteiger partial charge in [0.15, 0.2) is 4.90 Å². The first-order valence-electron chi connectivity index (χ1n) is 13.2. The van der Waals surface area contributed by atoms with Crippen molar-refractivity contribution in [2.24, 2.45) is 0 Å². The predicted octanol–water partition coefficient (Wildman–Crippen LogP) is 6.45. The van der Waals surface area contributed by atoms with E-state index in [1.54, 1.807) is 6.26 Å². The molecule has 0 spiro atoms. The third-order valence-corrected chi connectivity index (χ3v) is 8.55. The molecule has 0 aliphatic heterocycles. The topological polar surface area (TPSA) is 87.4 Å². The number of carboxylic acids is 1. The molecule has 0 amide bonds. The van der Waals surface area contributed by atoms with Crippen molar-refractivity contribution >= 4 is 39.0 Å². The maximum atomic E-state index is 11.9. The minimum Gasteiger partial charge on any atom is -0.612 e. The Kier molecular flexibility index (Phi) is 7.02. The van der Waals surface area contributed by atoms with Crippen molar-refractivity contribution in [3.8, 4) is 5.75 Å². The summed E-state index contributed by atoms with van der Waals surface area (Å²) >= 11 is -1.03. The molecule has 2 unspecified atom stereocenters. The van der Waals surface area contributed by atoms with Crippen LogP contribution in [0, 0.1) is 0 Å². The van der Waals surface area contributed by atoms with E-state index in [9.17, 15) is 14.5 Å². The quantitative estimate of drug-likeness (QED) is 0.230. The SMILES string of the molecule is C[S+]([O-])c1ccc(Cn2c3c(c4cc(OCc5ccc6ccccc6n5)ccc42)CCCC3CC(=O)O)cc1. The highest BCUT2D eigenvalue weighted by molar-refractivity contribution is 7.90. The van der Waals surface area contributed by atoms with Gasteiger partial charge in [0, 0.05) is 34.4 Å². The maximum absolute atomic E-state index is 11.9. The summed E-state index contributed by atoms with van der Waals surface area (Å²) < 4.78 is 20.3. The summed E-state index contributed by atoms with van der Waals surface area (Å²) in [6, 6.07) is 26.1. The molecule has 7 heteroatoms. The van der Waals surface area contributed by atoms with Crippen LogP contribution in [0.3, 0.4) is 0 Å². The van der Waals surface area contributed by atoms with Crippen LogP contribution in [0.25, 0.3) is 21.8 Å². The molecule has 6 nitrogen and oxygen atoms in total. The minimum absolute atomic E-state index is 0.0350. The average Bonchev–Trinajstić information content (AvgIpc) is 3.25. The van der Waals surface area contributed by atoms with E-state index in [0.29, 0.717) is 13.2 Å². The van der Waals surface area contributed by atoms with Gasteiger partial charge in [0.05, 0.1) is 17.6 Å². The highest BCUT2D eigenvalue weighted by atomic mass is 32.2. The number of carbonyl (C=O) groups is 1. The number of aryl methyl sites for hydroxylation is 1. The highest BCUT2D eigenvalue weighted by Gasteiger charge is 2.29. The van der Waals surface area contributed by atoms with E-state index in [4.69, 9.17) is 9.72 Å². The van der Waals surface area contributed by atoms with Crippen molar-refractivity contribution < 1.29 is 19.2 Å². The first kappa shape index (κ1) is 25.5. The standard InChI is InChI=1S/C32H30N2O4S/c1-39(37)26-14-9-21(10-15-26)19-34-30-16-13-25(38-20-24-12-11-22-5-2-3-8-29(22)33-24)18-28(30)27-7-4-6-23(32(27)34)17-31(35)36/h2-3,5,8-16,18,23H,4,6-7,17,19-20H2,1H3,(H,35,36). The Morgan fingerprint density at radius 2 is 1.92 bits per heavy atom. The molecule has 0 fully saturated rings. The number of benzene rings is 3. The van der Waals surface area contributed by atoms with Gasteiger partial charge in [0.25, 0.3) is 0 Å². The monoisotopic (exact) mass is 538 g/mol. The molecule has 1 N–H and O–H groups in total. The van der Waals surface area contributed by atoms with E-state index >= 15 is 0 Å². The number of aromatic nitrogens is 2. The molecular weight excluding hydrogens is 508 g/mol. The molecule has 198 valence electrons. The van der Waals surface area contributed by atoms with Gasteiger partial charge in [0.2, 0.25) is 0 Å². The van der Waals surface area contributed by atoms with E-state index in [1.165, 1.54) is 5.56 Å². The van der Waals surface area contributed by atoms with E-state index < -0.39 is 17.1 Å². The first-order chi connectivity index (χ1) is 19.0. The third kappa shape index (κ3) is 5.24. The van der Waals surface area contributed by atoms with Gasteiger partial charge in [-0.1, -0.05) is 36.4 Å². The van der Waals surface area contributed by atoms with Gasteiger partial charge in [-0.15, -0.1) is 0 Å². The average molecular weight is 539 g/mol. The summed E-state index contributed by atoms with van der Waals surface area (Å²) in [5, 5.41) is 11.9. The van der Waals surface area contributed by atoms with E-state index in [2.05, 4.69) is 22.8 Å². The summed E-state index contributed by atoms with van der Waals surface area (Å²) in [7, 11) is 0. The van der Waals surface area contributed by atoms with Gasteiger partial charge in [0.1, 0.15) is 18.6 Å². The number of nitrogens with zero attached hydrogens (tertiary/aromatic N) is 2. The van der Waals surface area contributed by atoms with Gasteiger partial charge in [-0.05, 0) is 84.0 Å². The second kappa shape index (κ2) is 10.8. The van der Waals surface area contributed by atoms with Crippen molar-refractivity contribution in [3.05, 3.63) is 101 Å². The Labute approximate surface area is 230 Å². The second-order valence-electron chi connectivity index (χ2n) is 10.2. The van der Waals surface area contributed by atoms with Gasteiger partial charge in [-0.25, -0.2) is 4.98 Å². The molecule has 0 bridgehead atoms. The predicted molar refractivity (Wildman–Crippen MR) is 154 cm³/mol. The van der Waals surface area contributed by atoms with Crippen LogP contribution in [-0.4, -0.2) is 31.4 Å². The summed E-state index contributed by atoms with van der Waals surface area (Å²) in [5.41, 5.74) is 6.33. The Balaban J connectivity index is 1.35. The Hall–Kier alpha value is -3.81. The number of fused-ring (bicyclic) bond motifs is 4. The van der Waals surface area contributed by atoms with Crippen LogP contribution >= 0.6 is 0 Å². The number of hydrogen-bond donors (Lipinski definition) is 1. The maximum Gasteiger partial charge on any atom is 0.304 e. The molecule has 3 aromatic carbocycles. The Morgan fingerprint density at radius 1 is 1.10 bits per heavy atom. The Bertz CT molecular complexity index is 1660. The zero-order valence-electron chi connectivity index (χ0n) is 21.8. The molecule has 1 aliphatic carbocycles. The van der Waals surface area contributed by atoms with Crippen LogP contribution < -0.4 is 4.74 Å². The molecule has 5 aromatic rings. The van der Waals surface area contributed by atoms with Crippen molar-refractivity contribution in [2.45, 2.75) is 49.6 Å². The summed E-state index contributed by atoms with van der Waals surface area (Å²) in [5.74, 6) is -0.0360.